The fourth-order valence-corrected chi connectivity index (χ4v) is 0.781. The van der Waals surface area contributed by atoms with E-state index in [1.807, 2.05) is 6.92 Å². The fraction of sp³-hybridized carbons (Fsp3) is 0.429. The molecule has 1 nitrogen and oxygen atoms in total. The summed E-state index contributed by atoms with van der Waals surface area (Å²) in [5, 5.41) is 0. The smallest absolute Gasteiger partial charge is 0.0200 e. The number of aromatic nitrogens is 1. The zero-order valence-electron chi connectivity index (χ0n) is 5.50. The van der Waals surface area contributed by atoms with E-state index in [9.17, 15) is 0 Å². The van der Waals surface area contributed by atoms with Crippen LogP contribution in [0.1, 0.15) is 17.0 Å². The van der Waals surface area contributed by atoms with Gasteiger partial charge in [0.05, 0.1) is 0 Å². The number of nitrogens with one attached hydrogen (secondary N) is 1. The Bertz CT molecular complexity index is 167. The molecule has 1 heterocycles. The summed E-state index contributed by atoms with van der Waals surface area (Å²) in [5.41, 5.74) is 3.57. The Labute approximate surface area is 49.7 Å². The lowest BCUT2D eigenvalue weighted by Gasteiger charge is -1.81. The zero-order valence-corrected chi connectivity index (χ0v) is 5.50. The number of H-pyrrole nitrogens is 1. The highest BCUT2D eigenvalue weighted by atomic mass is 14.7. The lowest BCUT2D eigenvalue weighted by Crippen LogP contribution is -1.71. The molecule has 0 aliphatic heterocycles. The Morgan fingerprint density at radius 1 is 1.25 bits per heavy atom. The van der Waals surface area contributed by atoms with Gasteiger partial charge in [0.15, 0.2) is 0 Å². The molecule has 0 saturated heterocycles. The van der Waals surface area contributed by atoms with Gasteiger partial charge in [0.25, 0.3) is 0 Å². The van der Waals surface area contributed by atoms with Crippen LogP contribution in [0.4, 0.5) is 0 Å². The molecule has 1 aromatic heterocycles. The van der Waals surface area contributed by atoms with Gasteiger partial charge in [0.1, 0.15) is 0 Å². The highest BCUT2D eigenvalue weighted by molar-refractivity contribution is 5.20. The molecule has 1 aromatic rings. The SMILES string of the molecule is Cc1[c]c(C)c(C)[nH]1. The van der Waals surface area contributed by atoms with E-state index in [-0.39, 0.29) is 0 Å². The predicted molar refractivity (Wildman–Crippen MR) is 33.8 cm³/mol. The molecule has 8 heavy (non-hydrogen) atoms. The summed E-state index contributed by atoms with van der Waals surface area (Å²) in [5.74, 6) is 0. The minimum Gasteiger partial charge on any atom is -0.362 e. The number of hydrogen-bond donors (Lipinski definition) is 1. The van der Waals surface area contributed by atoms with Crippen molar-refractivity contribution < 1.29 is 0 Å². The molecule has 0 unspecified atom stereocenters. The lowest BCUT2D eigenvalue weighted by atomic mass is 10.3. The molecular weight excluding hydrogens is 98.1 g/mol. The van der Waals surface area contributed by atoms with E-state index < -0.39 is 0 Å². The summed E-state index contributed by atoms with van der Waals surface area (Å²) in [7, 11) is 0. The third-order valence-corrected chi connectivity index (χ3v) is 1.31. The van der Waals surface area contributed by atoms with Gasteiger partial charge in [-0.2, -0.15) is 0 Å². The third kappa shape index (κ3) is 0.760. The van der Waals surface area contributed by atoms with Crippen LogP contribution in [0.25, 0.3) is 0 Å². The molecule has 0 atom stereocenters. The predicted octanol–water partition coefficient (Wildman–Crippen LogP) is 1.74. The van der Waals surface area contributed by atoms with E-state index in [0.717, 1.165) is 5.69 Å². The first kappa shape index (κ1) is 5.42. The van der Waals surface area contributed by atoms with Gasteiger partial charge in [-0.1, -0.05) is 0 Å². The average Bonchev–Trinajstić information content (AvgIpc) is 1.85. The summed E-state index contributed by atoms with van der Waals surface area (Å²) in [6, 6.07) is 3.15. The van der Waals surface area contributed by atoms with E-state index >= 15 is 0 Å². The highest BCUT2D eigenvalue weighted by Crippen LogP contribution is 2.04. The Hall–Kier alpha value is -0.720. The van der Waals surface area contributed by atoms with E-state index in [1.165, 1.54) is 11.3 Å². The molecule has 0 saturated carbocycles. The molecule has 0 bridgehead atoms. The van der Waals surface area contributed by atoms with Crippen molar-refractivity contribution in [1.29, 1.82) is 0 Å². The summed E-state index contributed by atoms with van der Waals surface area (Å²) < 4.78 is 0. The Morgan fingerprint density at radius 3 is 2.00 bits per heavy atom. The van der Waals surface area contributed by atoms with Gasteiger partial charge in [0, 0.05) is 17.5 Å². The topological polar surface area (TPSA) is 15.8 Å². The van der Waals surface area contributed by atoms with Crippen molar-refractivity contribution >= 4 is 0 Å². The maximum absolute atomic E-state index is 3.15. The van der Waals surface area contributed by atoms with Gasteiger partial charge >= 0.3 is 0 Å². The molecule has 1 rings (SSSR count). The number of rotatable bonds is 0. The summed E-state index contributed by atoms with van der Waals surface area (Å²) in [4.78, 5) is 3.15. The Morgan fingerprint density at radius 2 is 1.88 bits per heavy atom. The van der Waals surface area contributed by atoms with Crippen LogP contribution in [0.2, 0.25) is 0 Å². The molecule has 43 valence electrons. The second kappa shape index (κ2) is 1.66. The van der Waals surface area contributed by atoms with Crippen molar-refractivity contribution in [3.05, 3.63) is 23.0 Å². The van der Waals surface area contributed by atoms with E-state index in [0.29, 0.717) is 0 Å². The minimum atomic E-state index is 1.13. The van der Waals surface area contributed by atoms with Crippen molar-refractivity contribution in [3.63, 3.8) is 0 Å². The highest BCUT2D eigenvalue weighted by Gasteiger charge is 1.93. The van der Waals surface area contributed by atoms with Crippen LogP contribution in [0.3, 0.4) is 0 Å². The molecule has 1 radical (unpaired) electrons. The van der Waals surface area contributed by atoms with Crippen LogP contribution in [0.15, 0.2) is 0 Å². The van der Waals surface area contributed by atoms with Crippen molar-refractivity contribution in [2.75, 3.05) is 0 Å². The fourth-order valence-electron chi connectivity index (χ4n) is 0.781. The first-order chi connectivity index (χ1) is 3.70. The number of aryl methyl sites for hydroxylation is 3. The normalized spacial score (nSPS) is 9.88. The van der Waals surface area contributed by atoms with Crippen LogP contribution >= 0.6 is 0 Å². The van der Waals surface area contributed by atoms with Crippen molar-refractivity contribution in [2.24, 2.45) is 0 Å². The first-order valence-electron chi connectivity index (χ1n) is 2.75. The second-order valence-electron chi connectivity index (χ2n) is 2.12. The maximum atomic E-state index is 3.15. The van der Waals surface area contributed by atoms with Gasteiger partial charge in [-0.15, -0.1) is 0 Å². The van der Waals surface area contributed by atoms with Gasteiger partial charge in [-0.05, 0) is 26.3 Å². The van der Waals surface area contributed by atoms with Gasteiger partial charge in [-0.3, -0.25) is 0 Å². The first-order valence-corrected chi connectivity index (χ1v) is 2.75. The summed E-state index contributed by atoms with van der Waals surface area (Å²) >= 11 is 0. The van der Waals surface area contributed by atoms with E-state index in [2.05, 4.69) is 24.9 Å². The van der Waals surface area contributed by atoms with Crippen molar-refractivity contribution in [1.82, 2.24) is 4.98 Å². The quantitative estimate of drug-likeness (QED) is 0.521. The molecular formula is C7H10N. The number of aromatic amines is 1. The summed E-state index contributed by atoms with van der Waals surface area (Å²) in [6.45, 7) is 6.12. The number of hydrogen-bond acceptors (Lipinski definition) is 0. The molecule has 0 aliphatic rings. The second-order valence-corrected chi connectivity index (χ2v) is 2.12. The third-order valence-electron chi connectivity index (χ3n) is 1.31. The van der Waals surface area contributed by atoms with Gasteiger partial charge < -0.3 is 4.98 Å². The largest absolute Gasteiger partial charge is 0.362 e. The molecule has 0 aromatic carbocycles. The van der Waals surface area contributed by atoms with Crippen LogP contribution < -0.4 is 0 Å². The molecule has 0 fully saturated rings. The van der Waals surface area contributed by atoms with E-state index in [4.69, 9.17) is 0 Å². The molecule has 1 N–H and O–H groups in total. The zero-order chi connectivity index (χ0) is 6.15. The van der Waals surface area contributed by atoms with Crippen LogP contribution in [-0.4, -0.2) is 4.98 Å². The Kier molecular flexibility index (Phi) is 1.12. The molecule has 1 heteroatoms. The van der Waals surface area contributed by atoms with Crippen LogP contribution in [0.5, 0.6) is 0 Å². The standard InChI is InChI=1S/C7H10N/c1-5-4-6(2)8-7(5)3/h8H,1-3H3. The Balaban J connectivity index is 3.14. The van der Waals surface area contributed by atoms with E-state index in [1.54, 1.807) is 0 Å². The average molecular weight is 108 g/mol. The minimum absolute atomic E-state index is 1.13. The monoisotopic (exact) mass is 108 g/mol. The van der Waals surface area contributed by atoms with Crippen LogP contribution in [0, 0.1) is 26.8 Å². The summed E-state index contributed by atoms with van der Waals surface area (Å²) in [6.07, 6.45) is 0. The molecule has 0 amide bonds. The lowest BCUT2D eigenvalue weighted by molar-refractivity contribution is 1.17. The van der Waals surface area contributed by atoms with Crippen molar-refractivity contribution in [2.45, 2.75) is 20.8 Å². The van der Waals surface area contributed by atoms with Crippen LogP contribution in [-0.2, 0) is 0 Å². The molecule has 0 spiro atoms. The van der Waals surface area contributed by atoms with Gasteiger partial charge in [0.2, 0.25) is 0 Å². The maximum Gasteiger partial charge on any atom is 0.0200 e. The van der Waals surface area contributed by atoms with Gasteiger partial charge in [-0.25, -0.2) is 0 Å². The molecule has 0 aliphatic carbocycles. The van der Waals surface area contributed by atoms with Crippen molar-refractivity contribution in [3.8, 4) is 0 Å².